The van der Waals surface area contributed by atoms with E-state index in [1.807, 2.05) is 0 Å². The molecule has 10 heteroatoms. The highest BCUT2D eigenvalue weighted by molar-refractivity contribution is 7.47. The highest BCUT2D eigenvalue weighted by Crippen LogP contribution is 2.43. The van der Waals surface area contributed by atoms with Crippen molar-refractivity contribution in [3.63, 3.8) is 0 Å². The van der Waals surface area contributed by atoms with E-state index in [1.165, 1.54) is 96.3 Å². The fourth-order valence-electron chi connectivity index (χ4n) is 7.02. The lowest BCUT2D eigenvalue weighted by atomic mass is 10.0. The third-order valence-electron chi connectivity index (χ3n) is 11.0. The molecule has 0 fully saturated rings. The second-order valence-electron chi connectivity index (χ2n) is 17.4. The molecule has 384 valence electrons. The minimum absolute atomic E-state index is 0.0436. The molecule has 0 aromatic carbocycles. The number of unbranched alkanes of at least 4 members (excludes halogenated alkanes) is 20. The van der Waals surface area contributed by atoms with Gasteiger partial charge in [0.1, 0.15) is 6.61 Å². The lowest BCUT2D eigenvalue weighted by Gasteiger charge is -2.19. The summed E-state index contributed by atoms with van der Waals surface area (Å²) in [6.07, 6.45) is 68.7. The molecule has 0 saturated carbocycles. The first kappa shape index (κ1) is 63.9. The Bertz CT molecular complexity index is 1410. The average molecular weight is 956 g/mol. The summed E-state index contributed by atoms with van der Waals surface area (Å²) in [6.45, 7) is 3.58. The van der Waals surface area contributed by atoms with Crippen molar-refractivity contribution in [2.24, 2.45) is 5.73 Å². The number of rotatable bonds is 49. The van der Waals surface area contributed by atoms with Crippen LogP contribution in [0.3, 0.4) is 0 Å². The SMILES string of the molecule is CC/C=C\C/C=C\C/C=C\C/C=C\C/C=C\C/C=C\CCCCCCC(=O)OC(COC(=O)CCCCCCCCCCCCC/C=C\C/C=C\CCCCCCC)COP(=O)(O)OCCN. The van der Waals surface area contributed by atoms with E-state index in [0.717, 1.165) is 89.9 Å². The minimum atomic E-state index is -4.40. The van der Waals surface area contributed by atoms with E-state index in [-0.39, 0.29) is 32.6 Å². The third-order valence-corrected chi connectivity index (χ3v) is 11.9. The first-order valence-corrected chi connectivity index (χ1v) is 28.2. The number of hydrogen-bond acceptors (Lipinski definition) is 8. The number of allylic oxidation sites excluding steroid dienone is 16. The van der Waals surface area contributed by atoms with Crippen LogP contribution in [-0.4, -0.2) is 49.3 Å². The van der Waals surface area contributed by atoms with Crippen LogP contribution >= 0.6 is 7.82 Å². The van der Waals surface area contributed by atoms with Crippen LogP contribution in [0, 0.1) is 0 Å². The number of carbonyl (C=O) groups is 2. The molecule has 0 aliphatic carbocycles. The van der Waals surface area contributed by atoms with Crippen LogP contribution in [0.1, 0.15) is 219 Å². The molecule has 0 rings (SSSR count). The van der Waals surface area contributed by atoms with Gasteiger partial charge in [-0.05, 0) is 96.3 Å². The number of ether oxygens (including phenoxy) is 2. The van der Waals surface area contributed by atoms with Crippen LogP contribution < -0.4 is 5.73 Å². The molecular weight excluding hydrogens is 858 g/mol. The van der Waals surface area contributed by atoms with Crippen molar-refractivity contribution in [1.29, 1.82) is 0 Å². The van der Waals surface area contributed by atoms with Gasteiger partial charge in [0, 0.05) is 19.4 Å². The lowest BCUT2D eigenvalue weighted by molar-refractivity contribution is -0.161. The summed E-state index contributed by atoms with van der Waals surface area (Å²) in [5.41, 5.74) is 5.37. The minimum Gasteiger partial charge on any atom is -0.462 e. The molecule has 2 atom stereocenters. The second-order valence-corrected chi connectivity index (χ2v) is 18.8. The van der Waals surface area contributed by atoms with Gasteiger partial charge < -0.3 is 20.1 Å². The normalized spacial score (nSPS) is 13.9. The number of hydrogen-bond donors (Lipinski definition) is 2. The van der Waals surface area contributed by atoms with E-state index < -0.39 is 32.5 Å². The van der Waals surface area contributed by atoms with Crippen LogP contribution in [0.4, 0.5) is 0 Å². The van der Waals surface area contributed by atoms with Crippen molar-refractivity contribution < 1.29 is 37.6 Å². The van der Waals surface area contributed by atoms with Crippen LogP contribution in [-0.2, 0) is 32.7 Å². The molecule has 2 unspecified atom stereocenters. The van der Waals surface area contributed by atoms with Crippen molar-refractivity contribution in [3.05, 3.63) is 97.2 Å². The van der Waals surface area contributed by atoms with Gasteiger partial charge in [-0.2, -0.15) is 0 Å². The first-order chi connectivity index (χ1) is 32.8. The van der Waals surface area contributed by atoms with Crippen molar-refractivity contribution in [1.82, 2.24) is 0 Å². The highest BCUT2D eigenvalue weighted by atomic mass is 31.2. The predicted molar refractivity (Wildman–Crippen MR) is 284 cm³/mol. The predicted octanol–water partition coefficient (Wildman–Crippen LogP) is 16.5. The molecule has 0 aromatic rings. The van der Waals surface area contributed by atoms with E-state index in [1.54, 1.807) is 0 Å². The van der Waals surface area contributed by atoms with E-state index >= 15 is 0 Å². The molecule has 0 heterocycles. The van der Waals surface area contributed by atoms with Crippen LogP contribution in [0.5, 0.6) is 0 Å². The number of esters is 2. The zero-order valence-electron chi connectivity index (χ0n) is 42.6. The zero-order valence-corrected chi connectivity index (χ0v) is 43.5. The summed E-state index contributed by atoms with van der Waals surface area (Å²) in [6, 6.07) is 0. The summed E-state index contributed by atoms with van der Waals surface area (Å²) in [4.78, 5) is 35.1. The Hall–Kier alpha value is -3.07. The molecule has 67 heavy (non-hydrogen) atoms. The summed E-state index contributed by atoms with van der Waals surface area (Å²) in [7, 11) is -4.40. The fourth-order valence-corrected chi connectivity index (χ4v) is 7.79. The maximum Gasteiger partial charge on any atom is 0.472 e. The summed E-state index contributed by atoms with van der Waals surface area (Å²) in [5, 5.41) is 0. The number of nitrogens with two attached hydrogens (primary N) is 1. The van der Waals surface area contributed by atoms with Crippen LogP contribution in [0.15, 0.2) is 97.2 Å². The first-order valence-electron chi connectivity index (χ1n) is 26.7. The second kappa shape index (κ2) is 52.3. The van der Waals surface area contributed by atoms with Gasteiger partial charge in [0.2, 0.25) is 0 Å². The van der Waals surface area contributed by atoms with Gasteiger partial charge in [0.15, 0.2) is 6.10 Å². The molecule has 0 radical (unpaired) electrons. The van der Waals surface area contributed by atoms with E-state index in [4.69, 9.17) is 24.3 Å². The quantitative estimate of drug-likeness (QED) is 0.0264. The molecule has 0 amide bonds. The Morgan fingerprint density at radius 3 is 1.22 bits per heavy atom. The Kier molecular flexibility index (Phi) is 49.9. The molecule has 3 N–H and O–H groups in total. The summed E-state index contributed by atoms with van der Waals surface area (Å²) in [5.74, 6) is -0.863. The Morgan fingerprint density at radius 1 is 0.463 bits per heavy atom. The number of phosphoric ester groups is 1. The van der Waals surface area contributed by atoms with Crippen molar-refractivity contribution in [3.8, 4) is 0 Å². The average Bonchev–Trinajstić information content (AvgIpc) is 3.32. The monoisotopic (exact) mass is 956 g/mol. The van der Waals surface area contributed by atoms with Gasteiger partial charge in [-0.15, -0.1) is 0 Å². The molecular formula is C57H98NO8P. The molecule has 9 nitrogen and oxygen atoms in total. The van der Waals surface area contributed by atoms with Gasteiger partial charge >= 0.3 is 19.8 Å². The number of carbonyl (C=O) groups excluding carboxylic acids is 2. The summed E-state index contributed by atoms with van der Waals surface area (Å²) >= 11 is 0. The molecule has 0 aliphatic heterocycles. The Morgan fingerprint density at radius 2 is 0.821 bits per heavy atom. The Balaban J connectivity index is 4.11. The maximum atomic E-state index is 12.7. The highest BCUT2D eigenvalue weighted by Gasteiger charge is 2.26. The topological polar surface area (TPSA) is 134 Å². The third kappa shape index (κ3) is 52.2. The molecule has 0 saturated heterocycles. The lowest BCUT2D eigenvalue weighted by Crippen LogP contribution is -2.29. The molecule has 0 aliphatic rings. The Labute approximate surface area is 410 Å². The van der Waals surface area contributed by atoms with Gasteiger partial charge in [0.25, 0.3) is 0 Å². The van der Waals surface area contributed by atoms with Gasteiger partial charge in [-0.3, -0.25) is 18.6 Å². The van der Waals surface area contributed by atoms with Crippen molar-refractivity contribution in [2.45, 2.75) is 225 Å². The fraction of sp³-hybridized carbons (Fsp3) is 0.684. The van der Waals surface area contributed by atoms with Crippen molar-refractivity contribution >= 4 is 19.8 Å². The van der Waals surface area contributed by atoms with Gasteiger partial charge in [-0.25, -0.2) is 4.57 Å². The summed E-state index contributed by atoms with van der Waals surface area (Å²) < 4.78 is 32.9. The zero-order chi connectivity index (χ0) is 48.8. The van der Waals surface area contributed by atoms with E-state index in [0.29, 0.717) is 6.42 Å². The standard InChI is InChI=1S/C57H98NO8P/c1-3-5-7-9-11-13-15-17-19-21-23-25-27-29-31-33-35-37-39-41-43-45-47-49-56(59)63-53-55(54-65-67(61,62)64-52-51-58)66-57(60)50-48-46-44-42-40-38-36-34-32-30-28-26-24-22-20-18-16-14-12-10-8-6-4-2/h6,8,12,14-15,17-18,20-21,23-24,26,30,32,36,38,55H,3-5,7,9-11,13,16,19,22,25,27-29,31,33-35,37,39-54,58H2,1-2H3,(H,61,62)/b8-6-,14-12-,17-15-,20-18-,23-21-,26-24-,32-30-,38-36-. The molecule has 0 aromatic heterocycles. The van der Waals surface area contributed by atoms with Gasteiger partial charge in [-0.1, -0.05) is 207 Å². The van der Waals surface area contributed by atoms with Crippen LogP contribution in [0.2, 0.25) is 0 Å². The van der Waals surface area contributed by atoms with Crippen molar-refractivity contribution in [2.75, 3.05) is 26.4 Å². The van der Waals surface area contributed by atoms with E-state index in [2.05, 4.69) is 111 Å². The maximum absolute atomic E-state index is 12.7. The van der Waals surface area contributed by atoms with E-state index in [9.17, 15) is 19.0 Å². The molecule has 0 spiro atoms. The largest absolute Gasteiger partial charge is 0.472 e. The number of phosphoric acid groups is 1. The van der Waals surface area contributed by atoms with Gasteiger partial charge in [0.05, 0.1) is 13.2 Å². The van der Waals surface area contributed by atoms with Crippen LogP contribution in [0.25, 0.3) is 0 Å². The smallest absolute Gasteiger partial charge is 0.462 e. The molecule has 0 bridgehead atoms.